The van der Waals surface area contributed by atoms with Gasteiger partial charge in [0.05, 0.1) is 26.9 Å². The Morgan fingerprint density at radius 3 is 2.03 bits per heavy atom. The summed E-state index contributed by atoms with van der Waals surface area (Å²) >= 11 is 0. The first-order valence-corrected chi connectivity index (χ1v) is 10.8. The van der Waals surface area contributed by atoms with Crippen molar-refractivity contribution in [3.8, 4) is 17.2 Å². The van der Waals surface area contributed by atoms with Gasteiger partial charge in [0.1, 0.15) is 5.70 Å². The Hall–Kier alpha value is -3.48. The number of methoxy groups -OCH3 is 3. The van der Waals surface area contributed by atoms with Crippen molar-refractivity contribution in [1.82, 2.24) is 4.90 Å². The van der Waals surface area contributed by atoms with Gasteiger partial charge in [-0.05, 0) is 18.4 Å². The van der Waals surface area contributed by atoms with E-state index in [2.05, 4.69) is 5.32 Å². The molecule has 0 aromatic heterocycles. The highest BCUT2D eigenvalue weighted by Gasteiger charge is 2.43. The largest absolute Gasteiger partial charge is 0.493 e. The SMILES string of the molecule is COc1cc(NC2=C(c3ccccc3)C(=O)N(C3CCCCC3)C2=O)cc(OC)c1OC. The Balaban J connectivity index is 1.77. The molecule has 2 amide bonds. The zero-order chi connectivity index (χ0) is 22.7. The molecule has 7 heteroatoms. The Bertz CT molecular complexity index is 1020. The third-order valence-corrected chi connectivity index (χ3v) is 6.05. The fraction of sp³-hybridized carbons (Fsp3) is 0.360. The van der Waals surface area contributed by atoms with Gasteiger partial charge in [-0.3, -0.25) is 14.5 Å². The third-order valence-electron chi connectivity index (χ3n) is 6.05. The summed E-state index contributed by atoms with van der Waals surface area (Å²) in [5, 5.41) is 3.19. The monoisotopic (exact) mass is 436 g/mol. The first-order valence-electron chi connectivity index (χ1n) is 10.8. The molecule has 1 aliphatic heterocycles. The van der Waals surface area contributed by atoms with E-state index < -0.39 is 0 Å². The highest BCUT2D eigenvalue weighted by Crippen LogP contribution is 2.41. The number of hydrogen-bond donors (Lipinski definition) is 1. The van der Waals surface area contributed by atoms with Crippen molar-refractivity contribution in [2.24, 2.45) is 0 Å². The summed E-state index contributed by atoms with van der Waals surface area (Å²) in [6.07, 6.45) is 4.88. The van der Waals surface area contributed by atoms with Crippen LogP contribution >= 0.6 is 0 Å². The zero-order valence-corrected chi connectivity index (χ0v) is 18.6. The number of ether oxygens (including phenoxy) is 3. The number of anilines is 1. The summed E-state index contributed by atoms with van der Waals surface area (Å²) in [6, 6.07) is 12.7. The maximum absolute atomic E-state index is 13.5. The average Bonchev–Trinajstić information content (AvgIpc) is 3.08. The van der Waals surface area contributed by atoms with Crippen molar-refractivity contribution in [2.75, 3.05) is 26.6 Å². The molecule has 1 aliphatic carbocycles. The maximum Gasteiger partial charge on any atom is 0.278 e. The number of hydrogen-bond acceptors (Lipinski definition) is 6. The lowest BCUT2D eigenvalue weighted by Crippen LogP contribution is -2.42. The van der Waals surface area contributed by atoms with Gasteiger partial charge in [0.15, 0.2) is 11.5 Å². The normalized spacial score (nSPS) is 17.0. The number of nitrogens with one attached hydrogen (secondary N) is 1. The van der Waals surface area contributed by atoms with Crippen LogP contribution in [0.15, 0.2) is 48.2 Å². The molecule has 4 rings (SSSR count). The molecule has 2 aromatic carbocycles. The molecule has 2 aliphatic rings. The molecule has 7 nitrogen and oxygen atoms in total. The van der Waals surface area contributed by atoms with Crippen LogP contribution in [0.3, 0.4) is 0 Å². The van der Waals surface area contributed by atoms with Crippen LogP contribution in [-0.2, 0) is 9.59 Å². The van der Waals surface area contributed by atoms with Crippen molar-refractivity contribution in [2.45, 2.75) is 38.1 Å². The Labute approximate surface area is 188 Å². The van der Waals surface area contributed by atoms with Crippen molar-refractivity contribution in [3.05, 3.63) is 53.7 Å². The molecule has 0 radical (unpaired) electrons. The molecule has 1 fully saturated rings. The van der Waals surface area contributed by atoms with E-state index in [0.717, 1.165) is 32.1 Å². The number of benzene rings is 2. The van der Waals surface area contributed by atoms with Gasteiger partial charge in [-0.2, -0.15) is 0 Å². The highest BCUT2D eigenvalue weighted by molar-refractivity contribution is 6.36. The predicted molar refractivity (Wildman–Crippen MR) is 122 cm³/mol. The summed E-state index contributed by atoms with van der Waals surface area (Å²) in [6.45, 7) is 0. The minimum absolute atomic E-state index is 0.0679. The molecule has 0 saturated heterocycles. The predicted octanol–water partition coefficient (Wildman–Crippen LogP) is 4.24. The number of rotatable bonds is 7. The Kier molecular flexibility index (Phi) is 6.35. The van der Waals surface area contributed by atoms with Gasteiger partial charge in [-0.1, -0.05) is 49.6 Å². The molecule has 0 atom stereocenters. The molecule has 0 bridgehead atoms. The quantitative estimate of drug-likeness (QED) is 0.655. The van der Waals surface area contributed by atoms with Crippen LogP contribution in [0, 0.1) is 0 Å². The van der Waals surface area contributed by atoms with Crippen LogP contribution in [0.25, 0.3) is 5.57 Å². The molecule has 0 unspecified atom stereocenters. The van der Waals surface area contributed by atoms with E-state index in [1.54, 1.807) is 12.1 Å². The molecule has 2 aromatic rings. The highest BCUT2D eigenvalue weighted by atomic mass is 16.5. The van der Waals surface area contributed by atoms with Crippen LogP contribution in [-0.4, -0.2) is 44.1 Å². The van der Waals surface area contributed by atoms with Gasteiger partial charge in [0, 0.05) is 23.9 Å². The summed E-state index contributed by atoms with van der Waals surface area (Å²) in [5.74, 6) is 0.822. The average molecular weight is 437 g/mol. The number of carbonyl (C=O) groups is 2. The number of amides is 2. The van der Waals surface area contributed by atoms with Gasteiger partial charge >= 0.3 is 0 Å². The fourth-order valence-electron chi connectivity index (χ4n) is 4.50. The second-order valence-corrected chi connectivity index (χ2v) is 7.93. The van der Waals surface area contributed by atoms with Crippen LogP contribution in [0.2, 0.25) is 0 Å². The third kappa shape index (κ3) is 3.90. The van der Waals surface area contributed by atoms with Crippen molar-refractivity contribution < 1.29 is 23.8 Å². The summed E-state index contributed by atoms with van der Waals surface area (Å²) in [4.78, 5) is 28.5. The van der Waals surface area contributed by atoms with Gasteiger partial charge < -0.3 is 19.5 Å². The summed E-state index contributed by atoms with van der Waals surface area (Å²) in [7, 11) is 4.60. The van der Waals surface area contributed by atoms with Crippen LogP contribution in [0.1, 0.15) is 37.7 Å². The molecule has 1 N–H and O–H groups in total. The maximum atomic E-state index is 13.5. The lowest BCUT2D eigenvalue weighted by Gasteiger charge is -2.30. The van der Waals surface area contributed by atoms with Crippen molar-refractivity contribution in [1.29, 1.82) is 0 Å². The minimum Gasteiger partial charge on any atom is -0.493 e. The van der Waals surface area contributed by atoms with Gasteiger partial charge in [0.25, 0.3) is 11.8 Å². The standard InChI is InChI=1S/C25H28N2O5/c1-30-19-14-17(15-20(31-2)23(19)32-3)26-22-21(16-10-6-4-7-11-16)24(28)27(25(22)29)18-12-8-5-9-13-18/h4,6-7,10-11,14-15,18,26H,5,8-9,12-13H2,1-3H3. The lowest BCUT2D eigenvalue weighted by molar-refractivity contribution is -0.140. The Morgan fingerprint density at radius 1 is 0.844 bits per heavy atom. The molecule has 0 spiro atoms. The number of carbonyl (C=O) groups excluding carboxylic acids is 2. The first kappa shape index (κ1) is 21.7. The summed E-state index contributed by atoms with van der Waals surface area (Å²) < 4.78 is 16.3. The molecule has 1 heterocycles. The van der Waals surface area contributed by atoms with Crippen LogP contribution in [0.4, 0.5) is 5.69 Å². The number of nitrogens with zero attached hydrogens (tertiary/aromatic N) is 1. The zero-order valence-electron chi connectivity index (χ0n) is 18.6. The molecule has 1 saturated carbocycles. The fourth-order valence-corrected chi connectivity index (χ4v) is 4.50. The van der Waals surface area contributed by atoms with Crippen molar-refractivity contribution >= 4 is 23.1 Å². The van der Waals surface area contributed by atoms with Crippen LogP contribution < -0.4 is 19.5 Å². The first-order chi connectivity index (χ1) is 15.6. The molecule has 32 heavy (non-hydrogen) atoms. The van der Waals surface area contributed by atoms with E-state index in [9.17, 15) is 9.59 Å². The Morgan fingerprint density at radius 2 is 1.47 bits per heavy atom. The van der Waals surface area contributed by atoms with E-state index in [1.807, 2.05) is 30.3 Å². The minimum atomic E-state index is -0.297. The molecule has 168 valence electrons. The van der Waals surface area contributed by atoms with E-state index in [0.29, 0.717) is 34.1 Å². The molecular formula is C25H28N2O5. The van der Waals surface area contributed by atoms with Crippen LogP contribution in [0.5, 0.6) is 17.2 Å². The van der Waals surface area contributed by atoms with E-state index in [1.165, 1.54) is 26.2 Å². The van der Waals surface area contributed by atoms with Gasteiger partial charge in [-0.15, -0.1) is 0 Å². The van der Waals surface area contributed by atoms with Gasteiger partial charge in [0.2, 0.25) is 5.75 Å². The second kappa shape index (κ2) is 9.34. The van der Waals surface area contributed by atoms with E-state index >= 15 is 0 Å². The smallest absolute Gasteiger partial charge is 0.278 e. The number of imide groups is 1. The topological polar surface area (TPSA) is 77.1 Å². The molecular weight excluding hydrogens is 408 g/mol. The lowest BCUT2D eigenvalue weighted by atomic mass is 9.94. The van der Waals surface area contributed by atoms with E-state index in [4.69, 9.17) is 14.2 Å². The van der Waals surface area contributed by atoms with Gasteiger partial charge in [-0.25, -0.2) is 0 Å². The second-order valence-electron chi connectivity index (χ2n) is 7.93. The summed E-state index contributed by atoms with van der Waals surface area (Å²) in [5.41, 5.74) is 1.92. The van der Waals surface area contributed by atoms with E-state index in [-0.39, 0.29) is 23.6 Å². The van der Waals surface area contributed by atoms with Crippen molar-refractivity contribution in [3.63, 3.8) is 0 Å².